The first kappa shape index (κ1) is 32.2. The van der Waals surface area contributed by atoms with E-state index in [1.54, 1.807) is 31.2 Å². The molecule has 0 spiro atoms. The number of carbonyl (C=O) groups is 1. The number of aryl methyl sites for hydroxylation is 1. The molecule has 0 saturated heterocycles. The molecule has 1 aliphatic carbocycles. The first-order chi connectivity index (χ1) is 20.2. The Morgan fingerprint density at radius 2 is 1.79 bits per heavy atom. The topological polar surface area (TPSA) is 98.6 Å². The normalized spacial score (nSPS) is 14.2. The van der Waals surface area contributed by atoms with Crippen molar-refractivity contribution in [2.24, 2.45) is 0 Å². The van der Waals surface area contributed by atoms with Gasteiger partial charge in [0, 0.05) is 18.4 Å². The number of hydrogen-bond donors (Lipinski definition) is 0. The van der Waals surface area contributed by atoms with Crippen LogP contribution >= 0.6 is 0 Å². The van der Waals surface area contributed by atoms with Crippen LogP contribution < -0.4 is 10.3 Å². The molecule has 0 fully saturated rings. The molecule has 13 heteroatoms. The third kappa shape index (κ3) is 7.62. The maximum absolute atomic E-state index is 13.9. The third-order valence-electron chi connectivity index (χ3n) is 7.34. The number of carbonyl (C=O) groups excluding carboxylic acids is 1. The van der Waals surface area contributed by atoms with Crippen LogP contribution in [0, 0.1) is 5.82 Å². The number of ether oxygens (including phenoxy) is 1. The predicted molar refractivity (Wildman–Crippen MR) is 153 cm³/mol. The number of benzene rings is 2. The van der Waals surface area contributed by atoms with Gasteiger partial charge in [0.25, 0.3) is 5.56 Å². The number of fused-ring (bicyclic) bond motifs is 1. The molecule has 2 aromatic carbocycles. The molecule has 1 amide bonds. The molecule has 1 aliphatic rings. The summed E-state index contributed by atoms with van der Waals surface area (Å²) in [5.41, 5.74) is -0.285. The molecule has 0 saturated carbocycles. The zero-order chi connectivity index (χ0) is 31.5. The van der Waals surface area contributed by atoms with Crippen LogP contribution in [0.2, 0.25) is 0 Å². The lowest BCUT2D eigenvalue weighted by molar-refractivity contribution is -0.140. The van der Waals surface area contributed by atoms with Gasteiger partial charge in [-0.1, -0.05) is 6.07 Å². The fraction of sp³-hybridized carbons (Fsp3) is 0.433. The Labute approximate surface area is 247 Å². The zero-order valence-electron chi connectivity index (χ0n) is 24.1. The van der Waals surface area contributed by atoms with E-state index >= 15 is 0 Å². The van der Waals surface area contributed by atoms with Crippen LogP contribution in [0.5, 0.6) is 5.75 Å². The maximum atomic E-state index is 13.9. The van der Waals surface area contributed by atoms with Crippen molar-refractivity contribution < 1.29 is 35.5 Å². The molecule has 0 unspecified atom stereocenters. The van der Waals surface area contributed by atoms with Gasteiger partial charge < -0.3 is 9.64 Å². The van der Waals surface area contributed by atoms with Crippen LogP contribution in [0.25, 0.3) is 5.69 Å². The van der Waals surface area contributed by atoms with E-state index in [0.29, 0.717) is 54.3 Å². The Balaban J connectivity index is 1.80. The standard InChI is InChI=1S/C30H33F4N3O5S/c1-4-42-22-12-10-21(11-13-22)37-28(35-26-8-6-5-7-23(26)29(37)39)19(2)36(15-16-43(3,40)41)27(38)18-20-9-14-25(31)24(17-20)30(32,33)34/h9-14,17,19H,4-8,15-16,18H2,1-3H3/t19-/m1/s1. The summed E-state index contributed by atoms with van der Waals surface area (Å²) in [6.45, 7) is 3.57. The van der Waals surface area contributed by atoms with Gasteiger partial charge >= 0.3 is 6.18 Å². The first-order valence-electron chi connectivity index (χ1n) is 13.9. The summed E-state index contributed by atoms with van der Waals surface area (Å²) < 4.78 is 85.0. The second-order valence-corrected chi connectivity index (χ2v) is 12.8. The van der Waals surface area contributed by atoms with Gasteiger partial charge in [0.1, 0.15) is 27.2 Å². The van der Waals surface area contributed by atoms with Gasteiger partial charge in [0.05, 0.1) is 41.8 Å². The van der Waals surface area contributed by atoms with Crippen molar-refractivity contribution in [3.8, 4) is 11.4 Å². The van der Waals surface area contributed by atoms with Gasteiger partial charge in [-0.05, 0) is 81.5 Å². The molecule has 0 radical (unpaired) electrons. The summed E-state index contributed by atoms with van der Waals surface area (Å²) in [4.78, 5) is 33.5. The van der Waals surface area contributed by atoms with Gasteiger partial charge in [0.15, 0.2) is 0 Å². The SMILES string of the molecule is CCOc1ccc(-n2c([C@@H](C)N(CCS(C)(=O)=O)C(=O)Cc3ccc(F)c(C(F)(F)F)c3)nc3c(c2=O)CCCC3)cc1. The molecular formula is C30H33F4N3O5S. The van der Waals surface area contributed by atoms with Crippen LogP contribution in [0.4, 0.5) is 17.6 Å². The molecule has 0 bridgehead atoms. The number of rotatable bonds is 10. The van der Waals surface area contributed by atoms with Crippen molar-refractivity contribution in [2.75, 3.05) is 25.2 Å². The van der Waals surface area contributed by atoms with Crippen molar-refractivity contribution in [1.82, 2.24) is 14.5 Å². The quantitative estimate of drug-likeness (QED) is 0.300. The van der Waals surface area contributed by atoms with Gasteiger partial charge in [-0.2, -0.15) is 13.2 Å². The van der Waals surface area contributed by atoms with E-state index in [1.165, 1.54) is 9.47 Å². The first-order valence-corrected chi connectivity index (χ1v) is 16.0. The highest BCUT2D eigenvalue weighted by Gasteiger charge is 2.35. The van der Waals surface area contributed by atoms with Gasteiger partial charge in [-0.15, -0.1) is 0 Å². The number of sulfone groups is 1. The lowest BCUT2D eigenvalue weighted by Gasteiger charge is -2.31. The number of aromatic nitrogens is 2. The minimum atomic E-state index is -4.97. The molecule has 232 valence electrons. The number of hydrogen-bond acceptors (Lipinski definition) is 6. The highest BCUT2D eigenvalue weighted by atomic mass is 32.2. The number of amides is 1. The molecule has 43 heavy (non-hydrogen) atoms. The molecule has 1 aromatic heterocycles. The lowest BCUT2D eigenvalue weighted by atomic mass is 9.96. The van der Waals surface area contributed by atoms with E-state index in [-0.39, 0.29) is 23.5 Å². The van der Waals surface area contributed by atoms with E-state index in [4.69, 9.17) is 9.72 Å². The molecule has 3 aromatic rings. The van der Waals surface area contributed by atoms with E-state index < -0.39 is 51.5 Å². The molecular weight excluding hydrogens is 590 g/mol. The Morgan fingerprint density at radius 1 is 1.12 bits per heavy atom. The van der Waals surface area contributed by atoms with Crippen molar-refractivity contribution in [3.05, 3.63) is 86.8 Å². The lowest BCUT2D eigenvalue weighted by Crippen LogP contribution is -2.41. The molecule has 0 N–H and O–H groups in total. The van der Waals surface area contributed by atoms with Crippen LogP contribution in [0.15, 0.2) is 47.3 Å². The second-order valence-electron chi connectivity index (χ2n) is 10.6. The van der Waals surface area contributed by atoms with Crippen LogP contribution in [0.1, 0.15) is 60.9 Å². The van der Waals surface area contributed by atoms with E-state index in [9.17, 15) is 35.6 Å². The maximum Gasteiger partial charge on any atom is 0.419 e. The smallest absolute Gasteiger partial charge is 0.419 e. The molecule has 1 heterocycles. The minimum Gasteiger partial charge on any atom is -0.494 e. The van der Waals surface area contributed by atoms with E-state index in [2.05, 4.69) is 0 Å². The monoisotopic (exact) mass is 623 g/mol. The van der Waals surface area contributed by atoms with Crippen molar-refractivity contribution in [2.45, 2.75) is 58.2 Å². The predicted octanol–water partition coefficient (Wildman–Crippen LogP) is 4.84. The fourth-order valence-corrected chi connectivity index (χ4v) is 5.70. The third-order valence-corrected chi connectivity index (χ3v) is 8.26. The van der Waals surface area contributed by atoms with E-state index in [0.717, 1.165) is 25.2 Å². The largest absolute Gasteiger partial charge is 0.494 e. The summed E-state index contributed by atoms with van der Waals surface area (Å²) in [5, 5.41) is 0. The van der Waals surface area contributed by atoms with Crippen LogP contribution in [0.3, 0.4) is 0 Å². The Kier molecular flexibility index (Phi) is 9.63. The summed E-state index contributed by atoms with van der Waals surface area (Å²) in [5.74, 6) is -1.84. The zero-order valence-corrected chi connectivity index (χ0v) is 24.9. The highest BCUT2D eigenvalue weighted by molar-refractivity contribution is 7.90. The van der Waals surface area contributed by atoms with Crippen molar-refractivity contribution in [3.63, 3.8) is 0 Å². The summed E-state index contributed by atoms with van der Waals surface area (Å²) in [7, 11) is -3.56. The Morgan fingerprint density at radius 3 is 2.42 bits per heavy atom. The number of nitrogens with zero attached hydrogens (tertiary/aromatic N) is 3. The number of alkyl halides is 3. The van der Waals surface area contributed by atoms with Gasteiger partial charge in [0.2, 0.25) is 5.91 Å². The molecule has 1 atom stereocenters. The van der Waals surface area contributed by atoms with Crippen molar-refractivity contribution in [1.29, 1.82) is 0 Å². The Bertz CT molecular complexity index is 1650. The van der Waals surface area contributed by atoms with Crippen LogP contribution in [-0.4, -0.2) is 53.9 Å². The van der Waals surface area contributed by atoms with E-state index in [1.807, 2.05) is 6.92 Å². The average molecular weight is 624 g/mol. The highest BCUT2D eigenvalue weighted by Crippen LogP contribution is 2.32. The Hall–Kier alpha value is -3.74. The van der Waals surface area contributed by atoms with Gasteiger partial charge in [-0.25, -0.2) is 17.8 Å². The minimum absolute atomic E-state index is 0.0995. The van der Waals surface area contributed by atoms with Crippen molar-refractivity contribution >= 4 is 15.7 Å². The molecule has 8 nitrogen and oxygen atoms in total. The average Bonchev–Trinajstić information content (AvgIpc) is 2.93. The molecule has 4 rings (SSSR count). The second kappa shape index (κ2) is 12.9. The van der Waals surface area contributed by atoms with Gasteiger partial charge in [-0.3, -0.25) is 14.2 Å². The van der Waals surface area contributed by atoms with Crippen LogP contribution in [-0.2, 0) is 40.1 Å². The fourth-order valence-electron chi connectivity index (χ4n) is 5.17. The summed E-state index contributed by atoms with van der Waals surface area (Å²) in [6, 6.07) is 8.08. The summed E-state index contributed by atoms with van der Waals surface area (Å²) in [6.07, 6.45) is -1.79. The summed E-state index contributed by atoms with van der Waals surface area (Å²) >= 11 is 0. The molecule has 0 aliphatic heterocycles. The number of halogens is 4.